The Morgan fingerprint density at radius 1 is 1.00 bits per heavy atom. The van der Waals surface area contributed by atoms with E-state index in [2.05, 4.69) is 45.6 Å². The molecule has 1 aromatic carbocycles. The molecule has 1 aliphatic rings. The molecule has 0 aliphatic heterocycles. The van der Waals surface area contributed by atoms with Gasteiger partial charge in [-0.25, -0.2) is 9.97 Å². The highest BCUT2D eigenvalue weighted by Crippen LogP contribution is 2.45. The van der Waals surface area contributed by atoms with Gasteiger partial charge in [-0.15, -0.1) is 11.8 Å². The molecule has 0 atom stereocenters. The summed E-state index contributed by atoms with van der Waals surface area (Å²) in [4.78, 5) is 9.84. The highest BCUT2D eigenvalue weighted by atomic mass is 32.2. The average Bonchev–Trinajstić information content (AvgIpc) is 2.96. The van der Waals surface area contributed by atoms with Gasteiger partial charge in [0.1, 0.15) is 0 Å². The minimum absolute atomic E-state index is 0.278. The van der Waals surface area contributed by atoms with E-state index in [4.69, 9.17) is 0 Å². The normalized spacial score (nSPS) is 17.0. The largest absolute Gasteiger partial charge is 0.353 e. The molecule has 4 heteroatoms. The lowest BCUT2D eigenvalue weighted by atomic mass is 10.1. The second kappa shape index (κ2) is 6.27. The van der Waals surface area contributed by atoms with E-state index >= 15 is 0 Å². The second-order valence-corrected chi connectivity index (χ2v) is 6.77. The molecule has 0 spiro atoms. The third-order valence-electron chi connectivity index (χ3n) is 3.73. The lowest BCUT2D eigenvalue weighted by molar-refractivity contribution is 0.635. The van der Waals surface area contributed by atoms with Gasteiger partial charge in [0.2, 0.25) is 5.95 Å². The molecule has 1 fully saturated rings. The molecule has 0 unspecified atom stereocenters. The van der Waals surface area contributed by atoms with Gasteiger partial charge in [0.25, 0.3) is 0 Å². The molecule has 0 saturated heterocycles. The van der Waals surface area contributed by atoms with Crippen molar-refractivity contribution in [3.05, 3.63) is 48.8 Å². The Labute approximate surface area is 124 Å². The Balaban J connectivity index is 1.68. The van der Waals surface area contributed by atoms with Crippen LogP contribution in [0.2, 0.25) is 0 Å². The topological polar surface area (TPSA) is 37.8 Å². The Bertz CT molecular complexity index is 524. The first-order valence-electron chi connectivity index (χ1n) is 7.11. The van der Waals surface area contributed by atoms with E-state index in [9.17, 15) is 0 Å². The lowest BCUT2D eigenvalue weighted by Crippen LogP contribution is -2.30. The number of hydrogen-bond donors (Lipinski definition) is 1. The van der Waals surface area contributed by atoms with Crippen molar-refractivity contribution in [1.29, 1.82) is 0 Å². The highest BCUT2D eigenvalue weighted by molar-refractivity contribution is 8.00. The van der Waals surface area contributed by atoms with Crippen molar-refractivity contribution >= 4 is 17.7 Å². The maximum absolute atomic E-state index is 4.25. The number of nitrogens with zero attached hydrogens (tertiary/aromatic N) is 2. The molecule has 104 valence electrons. The molecule has 2 aromatic rings. The number of anilines is 1. The van der Waals surface area contributed by atoms with Crippen LogP contribution in [0.15, 0.2) is 53.7 Å². The third-order valence-corrected chi connectivity index (χ3v) is 5.22. The Hall–Kier alpha value is -1.55. The molecule has 0 radical (unpaired) electrons. The molecule has 1 saturated carbocycles. The van der Waals surface area contributed by atoms with Gasteiger partial charge in [-0.3, -0.25) is 0 Å². The van der Waals surface area contributed by atoms with E-state index in [0.717, 1.165) is 12.5 Å². The van der Waals surface area contributed by atoms with Gasteiger partial charge in [0.05, 0.1) is 0 Å². The summed E-state index contributed by atoms with van der Waals surface area (Å²) in [5.74, 6) is 0.729. The van der Waals surface area contributed by atoms with Gasteiger partial charge in [0.15, 0.2) is 0 Å². The van der Waals surface area contributed by atoms with Gasteiger partial charge in [-0.2, -0.15) is 0 Å². The number of nitrogens with one attached hydrogen (secondary N) is 1. The van der Waals surface area contributed by atoms with Crippen LogP contribution in [0.1, 0.15) is 25.7 Å². The SMILES string of the molecule is c1ccc(SC2(CNc3ncccn3)CCCC2)cc1. The van der Waals surface area contributed by atoms with Crippen molar-refractivity contribution in [3.8, 4) is 0 Å². The van der Waals surface area contributed by atoms with Crippen LogP contribution < -0.4 is 5.32 Å². The van der Waals surface area contributed by atoms with Crippen LogP contribution >= 0.6 is 11.8 Å². The van der Waals surface area contributed by atoms with Crippen LogP contribution in [-0.2, 0) is 0 Å². The molecule has 1 aromatic heterocycles. The molecule has 0 bridgehead atoms. The number of aromatic nitrogens is 2. The first kappa shape index (κ1) is 13.4. The van der Waals surface area contributed by atoms with Crippen molar-refractivity contribution in [2.75, 3.05) is 11.9 Å². The van der Waals surface area contributed by atoms with E-state index in [1.807, 2.05) is 17.8 Å². The van der Waals surface area contributed by atoms with Crippen LogP contribution in [0, 0.1) is 0 Å². The van der Waals surface area contributed by atoms with E-state index in [-0.39, 0.29) is 4.75 Å². The summed E-state index contributed by atoms with van der Waals surface area (Å²) in [5.41, 5.74) is 0. The summed E-state index contributed by atoms with van der Waals surface area (Å²) in [6, 6.07) is 12.5. The van der Waals surface area contributed by atoms with Crippen molar-refractivity contribution < 1.29 is 0 Å². The average molecular weight is 285 g/mol. The predicted octanol–water partition coefficient (Wildman–Crippen LogP) is 3.99. The third kappa shape index (κ3) is 3.31. The van der Waals surface area contributed by atoms with Gasteiger partial charge >= 0.3 is 0 Å². The highest BCUT2D eigenvalue weighted by Gasteiger charge is 2.34. The zero-order chi connectivity index (χ0) is 13.7. The van der Waals surface area contributed by atoms with E-state index in [0.29, 0.717) is 0 Å². The first-order valence-corrected chi connectivity index (χ1v) is 7.93. The van der Waals surface area contributed by atoms with Crippen molar-refractivity contribution in [3.63, 3.8) is 0 Å². The zero-order valence-electron chi connectivity index (χ0n) is 11.5. The Morgan fingerprint density at radius 3 is 2.40 bits per heavy atom. The maximum Gasteiger partial charge on any atom is 0.222 e. The summed E-state index contributed by atoms with van der Waals surface area (Å²) in [6.45, 7) is 0.927. The predicted molar refractivity (Wildman–Crippen MR) is 84.0 cm³/mol. The molecular formula is C16H19N3S. The van der Waals surface area contributed by atoms with Crippen molar-refractivity contribution in [2.45, 2.75) is 35.3 Å². The lowest BCUT2D eigenvalue weighted by Gasteiger charge is -2.28. The van der Waals surface area contributed by atoms with Crippen LogP contribution in [0.3, 0.4) is 0 Å². The van der Waals surface area contributed by atoms with E-state index in [1.165, 1.54) is 30.6 Å². The fraction of sp³-hybridized carbons (Fsp3) is 0.375. The minimum Gasteiger partial charge on any atom is -0.353 e. The van der Waals surface area contributed by atoms with Gasteiger partial charge in [-0.05, 0) is 31.0 Å². The van der Waals surface area contributed by atoms with Gasteiger partial charge < -0.3 is 5.32 Å². The van der Waals surface area contributed by atoms with Crippen LogP contribution in [-0.4, -0.2) is 21.3 Å². The molecule has 1 N–H and O–H groups in total. The van der Waals surface area contributed by atoms with Crippen LogP contribution in [0.5, 0.6) is 0 Å². The van der Waals surface area contributed by atoms with Gasteiger partial charge in [0, 0.05) is 28.6 Å². The first-order chi connectivity index (χ1) is 9.86. The number of rotatable bonds is 5. The quantitative estimate of drug-likeness (QED) is 0.901. The summed E-state index contributed by atoms with van der Waals surface area (Å²) in [6.07, 6.45) is 8.70. The van der Waals surface area contributed by atoms with Crippen molar-refractivity contribution in [1.82, 2.24) is 9.97 Å². The Morgan fingerprint density at radius 2 is 1.70 bits per heavy atom. The summed E-state index contributed by atoms with van der Waals surface area (Å²) < 4.78 is 0.278. The zero-order valence-corrected chi connectivity index (χ0v) is 12.3. The van der Waals surface area contributed by atoms with Crippen LogP contribution in [0.25, 0.3) is 0 Å². The van der Waals surface area contributed by atoms with E-state index < -0.39 is 0 Å². The van der Waals surface area contributed by atoms with Gasteiger partial charge in [-0.1, -0.05) is 31.0 Å². The summed E-state index contributed by atoms with van der Waals surface area (Å²) >= 11 is 2.00. The molecule has 3 rings (SSSR count). The van der Waals surface area contributed by atoms with E-state index in [1.54, 1.807) is 12.4 Å². The minimum atomic E-state index is 0.278. The van der Waals surface area contributed by atoms with Crippen LogP contribution in [0.4, 0.5) is 5.95 Å². The molecule has 0 amide bonds. The molecule has 1 aliphatic carbocycles. The van der Waals surface area contributed by atoms with Crippen molar-refractivity contribution in [2.24, 2.45) is 0 Å². The molecule has 3 nitrogen and oxygen atoms in total. The number of thioether (sulfide) groups is 1. The fourth-order valence-corrected chi connectivity index (χ4v) is 4.13. The molecular weight excluding hydrogens is 266 g/mol. The Kier molecular flexibility index (Phi) is 4.21. The summed E-state index contributed by atoms with van der Waals surface area (Å²) in [5, 5.41) is 3.40. The standard InChI is InChI=1S/C16H19N3S/c1-2-7-14(8-3-1)20-16(9-4-5-10-16)13-19-15-17-11-6-12-18-15/h1-3,6-8,11-12H,4-5,9-10,13H2,(H,17,18,19). The fourth-order valence-electron chi connectivity index (χ4n) is 2.70. The monoisotopic (exact) mass is 285 g/mol. The second-order valence-electron chi connectivity index (χ2n) is 5.23. The summed E-state index contributed by atoms with van der Waals surface area (Å²) in [7, 11) is 0. The number of benzene rings is 1. The maximum atomic E-state index is 4.25. The molecule has 20 heavy (non-hydrogen) atoms. The smallest absolute Gasteiger partial charge is 0.222 e. The molecule has 1 heterocycles. The number of hydrogen-bond acceptors (Lipinski definition) is 4.